The summed E-state index contributed by atoms with van der Waals surface area (Å²) in [5.41, 5.74) is -0.557. The van der Waals surface area contributed by atoms with Crippen LogP contribution in [0.4, 0.5) is 0 Å². The van der Waals surface area contributed by atoms with Crippen molar-refractivity contribution in [1.82, 2.24) is 4.31 Å². The van der Waals surface area contributed by atoms with Gasteiger partial charge in [-0.1, -0.05) is 86.2 Å². The summed E-state index contributed by atoms with van der Waals surface area (Å²) in [4.78, 5) is 28.4. The lowest BCUT2D eigenvalue weighted by molar-refractivity contribution is -0.160. The van der Waals surface area contributed by atoms with Gasteiger partial charge in [-0.15, -0.1) is 0 Å². The van der Waals surface area contributed by atoms with E-state index in [1.807, 2.05) is 75.4 Å². The maximum atomic E-state index is 14.5. The summed E-state index contributed by atoms with van der Waals surface area (Å²) in [5, 5.41) is 0. The van der Waals surface area contributed by atoms with Gasteiger partial charge in [-0.2, -0.15) is 4.31 Å². The van der Waals surface area contributed by atoms with Gasteiger partial charge in [0.05, 0.1) is 16.4 Å². The molecule has 2 aliphatic rings. The molecule has 4 atom stereocenters. The number of carbonyl (C=O) groups is 2. The molecule has 0 bridgehead atoms. The van der Waals surface area contributed by atoms with E-state index in [-0.39, 0.29) is 10.7 Å². The number of ketones is 1. The van der Waals surface area contributed by atoms with E-state index in [9.17, 15) is 18.0 Å². The van der Waals surface area contributed by atoms with Crippen molar-refractivity contribution in [3.05, 3.63) is 90.0 Å². The fraction of sp³-hybridized carbons (Fsp3) is 0.419. The maximum absolute atomic E-state index is 14.5. The first-order valence-electron chi connectivity index (χ1n) is 13.1. The van der Waals surface area contributed by atoms with Crippen molar-refractivity contribution in [2.24, 2.45) is 17.3 Å². The van der Waals surface area contributed by atoms with E-state index in [2.05, 4.69) is 0 Å². The highest BCUT2D eigenvalue weighted by atomic mass is 32.2. The summed E-state index contributed by atoms with van der Waals surface area (Å²) < 4.78 is 36.2. The molecule has 0 spiro atoms. The molecule has 1 saturated heterocycles. The number of carbonyl (C=O) groups excluding carboxylic acids is 2. The van der Waals surface area contributed by atoms with Gasteiger partial charge in [0, 0.05) is 11.8 Å². The molecule has 0 radical (unpaired) electrons. The molecule has 0 N–H and O–H groups in total. The standard InChI is InChI=1S/C31H37NO5S/c1-21(2)28(33)31-20-12-8-11-15-25(31)26(29(34)37-30(4,5)6)32(27(31)23-13-9-7-10-14-23)38(35,36)24-18-16-22(3)17-19-24/h7-14,16-21,25-27H,15H2,1-6H3/t25-,26+,27+,31+/m1/s1. The number of nitrogens with zero attached hydrogens (tertiary/aromatic N) is 1. The largest absolute Gasteiger partial charge is 0.459 e. The van der Waals surface area contributed by atoms with Gasteiger partial charge in [0.1, 0.15) is 17.4 Å². The molecular formula is C31H37NO5S. The second kappa shape index (κ2) is 10.3. The highest BCUT2D eigenvalue weighted by molar-refractivity contribution is 7.89. The van der Waals surface area contributed by atoms with Crippen molar-refractivity contribution in [2.75, 3.05) is 0 Å². The van der Waals surface area contributed by atoms with Crippen molar-refractivity contribution in [3.8, 4) is 0 Å². The van der Waals surface area contributed by atoms with Crippen LogP contribution in [0.2, 0.25) is 0 Å². The van der Waals surface area contributed by atoms with E-state index >= 15 is 0 Å². The highest BCUT2D eigenvalue weighted by Gasteiger charge is 2.67. The molecule has 2 aromatic carbocycles. The van der Waals surface area contributed by atoms with Gasteiger partial charge in [-0.3, -0.25) is 9.59 Å². The van der Waals surface area contributed by atoms with E-state index in [4.69, 9.17) is 4.74 Å². The summed E-state index contributed by atoms with van der Waals surface area (Å²) in [6, 6.07) is 13.6. The number of ether oxygens (including phenoxy) is 1. The minimum atomic E-state index is -4.25. The fourth-order valence-corrected chi connectivity index (χ4v) is 7.61. The number of hydrogen-bond donors (Lipinski definition) is 0. The zero-order valence-corrected chi connectivity index (χ0v) is 23.7. The van der Waals surface area contributed by atoms with Crippen LogP contribution in [0, 0.1) is 24.2 Å². The van der Waals surface area contributed by atoms with Crippen molar-refractivity contribution in [3.63, 3.8) is 0 Å². The molecule has 202 valence electrons. The summed E-state index contributed by atoms with van der Waals surface area (Å²) in [6.45, 7) is 10.8. The van der Waals surface area contributed by atoms with Gasteiger partial charge in [0.2, 0.25) is 10.0 Å². The Morgan fingerprint density at radius 3 is 2.21 bits per heavy atom. The second-order valence-corrected chi connectivity index (χ2v) is 13.4. The molecule has 1 aliphatic carbocycles. The molecule has 4 rings (SSSR count). The van der Waals surface area contributed by atoms with Crippen LogP contribution in [0.3, 0.4) is 0 Å². The van der Waals surface area contributed by atoms with E-state index in [0.717, 1.165) is 5.56 Å². The monoisotopic (exact) mass is 535 g/mol. The molecular weight excluding hydrogens is 498 g/mol. The van der Waals surface area contributed by atoms with Crippen LogP contribution in [-0.2, 0) is 24.3 Å². The third-order valence-corrected chi connectivity index (χ3v) is 9.16. The number of esters is 1. The Morgan fingerprint density at radius 1 is 1.00 bits per heavy atom. The average Bonchev–Trinajstić information content (AvgIpc) is 2.98. The average molecular weight is 536 g/mol. The smallest absolute Gasteiger partial charge is 0.325 e. The molecule has 2 aromatic rings. The lowest BCUT2D eigenvalue weighted by Crippen LogP contribution is -2.46. The Morgan fingerprint density at radius 2 is 1.63 bits per heavy atom. The van der Waals surface area contributed by atoms with Crippen molar-refractivity contribution >= 4 is 21.8 Å². The number of fused-ring (bicyclic) bond motifs is 1. The molecule has 7 heteroatoms. The third-order valence-electron chi connectivity index (χ3n) is 7.30. The van der Waals surface area contributed by atoms with Crippen LogP contribution in [-0.4, -0.2) is 36.1 Å². The molecule has 0 unspecified atom stereocenters. The summed E-state index contributed by atoms with van der Waals surface area (Å²) in [5.74, 6) is -1.81. The number of rotatable bonds is 6. The highest BCUT2D eigenvalue weighted by Crippen LogP contribution is 2.60. The molecule has 0 amide bonds. The lowest BCUT2D eigenvalue weighted by Gasteiger charge is -2.38. The quantitative estimate of drug-likeness (QED) is 0.437. The SMILES string of the molecule is Cc1ccc(S(=O)(=O)N2[C@H](C(=O)OC(C)(C)C)[C@H]3CC=CC=C[C@@]3(C(=O)C(C)C)[C@@H]2c2ccccc2)cc1. The van der Waals surface area contributed by atoms with Crippen LogP contribution in [0.5, 0.6) is 0 Å². The molecule has 38 heavy (non-hydrogen) atoms. The Kier molecular flexibility index (Phi) is 7.56. The number of sulfonamides is 1. The second-order valence-electron chi connectivity index (χ2n) is 11.5. The molecule has 0 saturated carbocycles. The van der Waals surface area contributed by atoms with Crippen LogP contribution in [0.15, 0.2) is 83.8 Å². The summed E-state index contributed by atoms with van der Waals surface area (Å²) >= 11 is 0. The molecule has 6 nitrogen and oxygen atoms in total. The molecule has 1 fully saturated rings. The predicted molar refractivity (Wildman–Crippen MR) is 148 cm³/mol. The van der Waals surface area contributed by atoms with Gasteiger partial charge in [0.25, 0.3) is 0 Å². The number of benzene rings is 2. The van der Waals surface area contributed by atoms with Crippen LogP contribution in [0.1, 0.15) is 58.2 Å². The first-order chi connectivity index (χ1) is 17.8. The van der Waals surface area contributed by atoms with Crippen molar-refractivity contribution < 1.29 is 22.7 Å². The Hall–Kier alpha value is -3.03. The minimum absolute atomic E-state index is 0.0701. The first-order valence-corrected chi connectivity index (χ1v) is 14.5. The van der Waals surface area contributed by atoms with Crippen LogP contribution >= 0.6 is 0 Å². The minimum Gasteiger partial charge on any atom is -0.459 e. The van der Waals surface area contributed by atoms with E-state index in [0.29, 0.717) is 12.0 Å². The van der Waals surface area contributed by atoms with E-state index in [1.165, 1.54) is 4.31 Å². The number of hydrogen-bond acceptors (Lipinski definition) is 5. The maximum Gasteiger partial charge on any atom is 0.325 e. The van der Waals surface area contributed by atoms with Gasteiger partial charge in [-0.25, -0.2) is 8.42 Å². The fourth-order valence-electron chi connectivity index (χ4n) is 5.78. The zero-order chi connectivity index (χ0) is 27.9. The number of Topliss-reactive ketones (excluding diaryl/α,β-unsaturated/α-hetero) is 1. The summed E-state index contributed by atoms with van der Waals surface area (Å²) in [6.07, 6.45) is 7.74. The molecule has 1 heterocycles. The van der Waals surface area contributed by atoms with Crippen LogP contribution in [0.25, 0.3) is 0 Å². The van der Waals surface area contributed by atoms with Crippen molar-refractivity contribution in [2.45, 2.75) is 70.5 Å². The van der Waals surface area contributed by atoms with E-state index < -0.39 is 50.9 Å². The number of allylic oxidation sites excluding steroid dienone is 3. The molecule has 1 aliphatic heterocycles. The summed E-state index contributed by atoms with van der Waals surface area (Å²) in [7, 11) is -4.25. The van der Waals surface area contributed by atoms with E-state index in [1.54, 1.807) is 45.0 Å². The third kappa shape index (κ3) is 4.90. The number of aryl methyl sites for hydroxylation is 1. The Balaban J connectivity index is 2.08. The normalized spacial score (nSPS) is 25.7. The van der Waals surface area contributed by atoms with Crippen molar-refractivity contribution in [1.29, 1.82) is 0 Å². The van der Waals surface area contributed by atoms with Gasteiger partial charge >= 0.3 is 5.97 Å². The van der Waals surface area contributed by atoms with Gasteiger partial charge in [0.15, 0.2) is 0 Å². The van der Waals surface area contributed by atoms with Crippen LogP contribution < -0.4 is 0 Å². The van der Waals surface area contributed by atoms with Gasteiger partial charge < -0.3 is 4.74 Å². The molecule has 0 aromatic heterocycles. The topological polar surface area (TPSA) is 80.8 Å². The predicted octanol–water partition coefficient (Wildman–Crippen LogP) is 5.79. The first kappa shape index (κ1) is 28.0. The zero-order valence-electron chi connectivity index (χ0n) is 22.9. The van der Waals surface area contributed by atoms with Gasteiger partial charge in [-0.05, 0) is 51.8 Å². The Bertz CT molecular complexity index is 1350. The Labute approximate surface area is 226 Å². The lowest BCUT2D eigenvalue weighted by atomic mass is 9.63.